The summed E-state index contributed by atoms with van der Waals surface area (Å²) in [5, 5.41) is 0. The number of quaternary nitrogens is 1. The maximum absolute atomic E-state index is 5.86. The first-order chi connectivity index (χ1) is 10.1. The average Bonchev–Trinajstić information content (AvgIpc) is 2.85. The average molecular weight is 284 g/mol. The van der Waals surface area contributed by atoms with Crippen molar-refractivity contribution in [3.05, 3.63) is 42.6 Å². The molecule has 5 nitrogen and oxygen atoms in total. The van der Waals surface area contributed by atoms with Crippen LogP contribution in [0.15, 0.2) is 24.3 Å². The third kappa shape index (κ3) is 2.56. The molecule has 1 heterocycles. The molecule has 0 saturated heterocycles. The van der Waals surface area contributed by atoms with E-state index in [2.05, 4.69) is 23.9 Å². The van der Waals surface area contributed by atoms with Gasteiger partial charge in [-0.1, -0.05) is 6.92 Å². The Kier molecular flexibility index (Phi) is 3.51. The minimum atomic E-state index is 0.326. The predicted octanol–water partition coefficient (Wildman–Crippen LogP) is 1.44. The minimum Gasteiger partial charge on any atom is -0.497 e. The zero-order valence-corrected chi connectivity index (χ0v) is 12.4. The molecule has 0 saturated carbocycles. The summed E-state index contributed by atoms with van der Waals surface area (Å²) >= 11 is 0. The summed E-state index contributed by atoms with van der Waals surface area (Å²) in [5.74, 6) is 2.62. The van der Waals surface area contributed by atoms with Crippen LogP contribution in [0.4, 0.5) is 17.5 Å². The number of fused-ring (bicyclic) bond motifs is 1. The highest BCUT2D eigenvalue weighted by Gasteiger charge is 2.27. The van der Waals surface area contributed by atoms with Crippen LogP contribution >= 0.6 is 0 Å². The fourth-order valence-electron chi connectivity index (χ4n) is 2.86. The second-order valence-electron chi connectivity index (χ2n) is 5.58. The number of aromatic nitrogens is 2. The predicted molar refractivity (Wildman–Crippen MR) is 81.7 cm³/mol. The molecule has 2 aromatic rings. The normalized spacial score (nSPS) is 18.3. The van der Waals surface area contributed by atoms with Crippen molar-refractivity contribution in [2.24, 2.45) is 5.92 Å². The van der Waals surface area contributed by atoms with Crippen molar-refractivity contribution in [1.29, 1.82) is 0 Å². The Hall–Kier alpha value is -2.14. The molecule has 0 spiro atoms. The van der Waals surface area contributed by atoms with Gasteiger partial charge < -0.3 is 15.4 Å². The lowest BCUT2D eigenvalue weighted by atomic mass is 10.1. The molecule has 1 aliphatic carbocycles. The summed E-state index contributed by atoms with van der Waals surface area (Å²) in [4.78, 5) is 9.69. The van der Waals surface area contributed by atoms with E-state index >= 15 is 0 Å². The molecular formula is C16H20N4O. The fourth-order valence-corrected chi connectivity index (χ4v) is 2.86. The van der Waals surface area contributed by atoms with Crippen LogP contribution in [0, 0.1) is 13.0 Å². The van der Waals surface area contributed by atoms with Crippen LogP contribution in [-0.4, -0.2) is 17.1 Å². The molecule has 3 rings (SSSR count). The Labute approximate surface area is 124 Å². The number of hydrogen-bond donors (Lipinski definition) is 2. The van der Waals surface area contributed by atoms with E-state index in [0.29, 0.717) is 11.9 Å². The largest absolute Gasteiger partial charge is 0.497 e. The van der Waals surface area contributed by atoms with Crippen LogP contribution in [0.2, 0.25) is 0 Å². The highest BCUT2D eigenvalue weighted by Crippen LogP contribution is 2.29. The summed E-state index contributed by atoms with van der Waals surface area (Å²) in [6.07, 6.45) is 1.95. The zero-order valence-electron chi connectivity index (χ0n) is 12.4. The van der Waals surface area contributed by atoms with E-state index in [1.807, 2.05) is 24.3 Å². The molecule has 1 aliphatic rings. The van der Waals surface area contributed by atoms with Gasteiger partial charge in [-0.3, -0.25) is 0 Å². The van der Waals surface area contributed by atoms with Gasteiger partial charge >= 0.3 is 0 Å². The minimum absolute atomic E-state index is 0.326. The molecule has 1 aromatic carbocycles. The van der Waals surface area contributed by atoms with Crippen LogP contribution in [0.25, 0.3) is 0 Å². The number of anilines is 1. The van der Waals surface area contributed by atoms with Gasteiger partial charge in [0.15, 0.2) is 0 Å². The number of hydrogen-bond acceptors (Lipinski definition) is 4. The molecule has 2 unspecified atom stereocenters. The van der Waals surface area contributed by atoms with E-state index in [1.54, 1.807) is 7.11 Å². The first-order valence-corrected chi connectivity index (χ1v) is 7.07. The molecule has 110 valence electrons. The van der Waals surface area contributed by atoms with Crippen LogP contribution in [0.3, 0.4) is 0 Å². The summed E-state index contributed by atoms with van der Waals surface area (Å²) in [5.41, 5.74) is 9.14. The molecule has 0 bridgehead atoms. The number of methoxy groups -OCH3 is 1. The number of nitrogens with two attached hydrogens (primary N) is 1. The lowest BCUT2D eigenvalue weighted by molar-refractivity contribution is -0.708. The first-order valence-electron chi connectivity index (χ1n) is 7.07. The quantitative estimate of drug-likeness (QED) is 0.837. The van der Waals surface area contributed by atoms with Crippen LogP contribution in [-0.2, 0) is 12.8 Å². The third-order valence-corrected chi connectivity index (χ3v) is 3.93. The molecule has 0 aliphatic heterocycles. The van der Waals surface area contributed by atoms with Gasteiger partial charge in [0.1, 0.15) is 11.4 Å². The van der Waals surface area contributed by atoms with Gasteiger partial charge in [-0.2, -0.15) is 4.98 Å². The fraction of sp³-hybridized carbons (Fsp3) is 0.312. The van der Waals surface area contributed by atoms with Crippen LogP contribution in [0.5, 0.6) is 5.75 Å². The van der Waals surface area contributed by atoms with Gasteiger partial charge in [0.05, 0.1) is 18.4 Å². The van der Waals surface area contributed by atoms with Crippen molar-refractivity contribution in [2.45, 2.75) is 19.8 Å². The van der Waals surface area contributed by atoms with Crippen molar-refractivity contribution in [3.63, 3.8) is 0 Å². The number of nitrogens with one attached hydrogen (secondary N) is 1. The van der Waals surface area contributed by atoms with Gasteiger partial charge in [-0.05, 0) is 30.9 Å². The van der Waals surface area contributed by atoms with Crippen LogP contribution in [0.1, 0.15) is 18.2 Å². The van der Waals surface area contributed by atoms with Crippen molar-refractivity contribution in [3.8, 4) is 5.75 Å². The number of nitrogen functional groups attached to an aromatic ring is 1. The Morgan fingerprint density at radius 2 is 1.95 bits per heavy atom. The third-order valence-electron chi connectivity index (χ3n) is 3.93. The Balaban J connectivity index is 1.99. The van der Waals surface area contributed by atoms with E-state index < -0.39 is 0 Å². The molecule has 0 amide bonds. The van der Waals surface area contributed by atoms with Crippen LogP contribution < -0.4 is 15.4 Å². The number of nitrogens with zero attached hydrogens (tertiary/aromatic N) is 2. The number of benzene rings is 1. The van der Waals surface area contributed by atoms with E-state index in [1.165, 1.54) is 5.56 Å². The van der Waals surface area contributed by atoms with Crippen molar-refractivity contribution in [1.82, 2.24) is 9.97 Å². The van der Waals surface area contributed by atoms with Gasteiger partial charge in [0, 0.05) is 12.1 Å². The standard InChI is InChI=1S/C16H20N4O/c1-10-8-13-14(9-10)18-16(17)19-15(13)20(2)11-4-6-12(21-3)7-5-11/h4-7,10,20H,2,8-9H2,1,3H3,(H2,17,18,19). The first kappa shape index (κ1) is 13.8. The summed E-state index contributed by atoms with van der Waals surface area (Å²) in [7, 11) is 5.86. The molecule has 1 aromatic heterocycles. The lowest BCUT2D eigenvalue weighted by Gasteiger charge is -2.21. The van der Waals surface area contributed by atoms with Gasteiger partial charge in [0.2, 0.25) is 11.8 Å². The molecule has 2 atom stereocenters. The van der Waals surface area contributed by atoms with E-state index in [-0.39, 0.29) is 0 Å². The SMILES string of the molecule is [CH2-][NH+](c1ccc(OC)cc1)c1nc(N)nc2c1CC(C)C2. The van der Waals surface area contributed by atoms with Gasteiger partial charge in [-0.25, -0.2) is 4.98 Å². The molecule has 21 heavy (non-hydrogen) atoms. The van der Waals surface area contributed by atoms with Gasteiger partial charge in [-0.15, -0.1) is 7.05 Å². The molecular weight excluding hydrogens is 264 g/mol. The molecule has 0 fully saturated rings. The van der Waals surface area contributed by atoms with E-state index in [9.17, 15) is 0 Å². The van der Waals surface area contributed by atoms with Crippen molar-refractivity contribution in [2.75, 3.05) is 12.8 Å². The number of ether oxygens (including phenoxy) is 1. The second-order valence-corrected chi connectivity index (χ2v) is 5.58. The van der Waals surface area contributed by atoms with Crippen molar-refractivity contribution < 1.29 is 9.64 Å². The number of rotatable bonds is 3. The summed E-state index contributed by atoms with van der Waals surface area (Å²) < 4.78 is 5.19. The monoisotopic (exact) mass is 284 g/mol. The highest BCUT2D eigenvalue weighted by molar-refractivity contribution is 5.47. The Morgan fingerprint density at radius 3 is 2.62 bits per heavy atom. The highest BCUT2D eigenvalue weighted by atomic mass is 16.5. The zero-order chi connectivity index (χ0) is 15.0. The molecule has 3 N–H and O–H groups in total. The van der Waals surface area contributed by atoms with E-state index in [4.69, 9.17) is 10.5 Å². The maximum Gasteiger partial charge on any atom is 0.225 e. The van der Waals surface area contributed by atoms with Crippen molar-refractivity contribution >= 4 is 17.5 Å². The lowest BCUT2D eigenvalue weighted by Crippen LogP contribution is -2.96. The smallest absolute Gasteiger partial charge is 0.225 e. The summed E-state index contributed by atoms with van der Waals surface area (Å²) in [6.45, 7) is 2.22. The Morgan fingerprint density at radius 1 is 1.24 bits per heavy atom. The topological polar surface area (TPSA) is 65.5 Å². The second kappa shape index (κ2) is 5.33. The Bertz CT molecular complexity index is 654. The summed E-state index contributed by atoms with van der Waals surface area (Å²) in [6, 6.07) is 7.83. The molecule has 0 radical (unpaired) electrons. The van der Waals surface area contributed by atoms with Gasteiger partial charge in [0.25, 0.3) is 0 Å². The molecule has 5 heteroatoms. The maximum atomic E-state index is 5.86. The van der Waals surface area contributed by atoms with E-state index in [0.717, 1.165) is 40.7 Å².